The summed E-state index contributed by atoms with van der Waals surface area (Å²) < 4.78 is 1.83. The van der Waals surface area contributed by atoms with Gasteiger partial charge in [0, 0.05) is 12.4 Å². The Bertz CT molecular complexity index is 473. The number of aryl methyl sites for hydroxylation is 3. The molecular formula is C14H23ClN2. The van der Waals surface area contributed by atoms with E-state index in [1.807, 2.05) is 59.3 Å². The minimum Gasteiger partial charge on any atom is -0.266 e. The topological polar surface area (TPSA) is 17.8 Å². The van der Waals surface area contributed by atoms with Gasteiger partial charge in [-0.3, -0.25) is 4.68 Å². The SMILES string of the molecule is CC.CC.Cc1ccc2c(C)nn(C)c2c1Cl. The third kappa shape index (κ3) is 3.22. The van der Waals surface area contributed by atoms with Crippen LogP contribution in [0.25, 0.3) is 10.9 Å². The highest BCUT2D eigenvalue weighted by Gasteiger charge is 2.09. The molecule has 1 heterocycles. The molecule has 2 rings (SSSR count). The Balaban J connectivity index is 0.000000581. The molecule has 0 atom stereocenters. The smallest absolute Gasteiger partial charge is 0.0870 e. The first-order chi connectivity index (χ1) is 8.11. The monoisotopic (exact) mass is 254 g/mol. The van der Waals surface area contributed by atoms with Gasteiger partial charge in [-0.25, -0.2) is 0 Å². The highest BCUT2D eigenvalue weighted by atomic mass is 35.5. The van der Waals surface area contributed by atoms with Crippen LogP contribution in [-0.2, 0) is 7.05 Å². The van der Waals surface area contributed by atoms with E-state index in [-0.39, 0.29) is 0 Å². The van der Waals surface area contributed by atoms with Gasteiger partial charge >= 0.3 is 0 Å². The van der Waals surface area contributed by atoms with E-state index in [0.29, 0.717) is 0 Å². The van der Waals surface area contributed by atoms with Gasteiger partial charge in [0.05, 0.1) is 16.2 Å². The highest BCUT2D eigenvalue weighted by Crippen LogP contribution is 2.27. The van der Waals surface area contributed by atoms with E-state index in [1.54, 1.807) is 0 Å². The molecule has 1 aromatic heterocycles. The number of hydrogen-bond acceptors (Lipinski definition) is 1. The summed E-state index contributed by atoms with van der Waals surface area (Å²) in [5.74, 6) is 0. The summed E-state index contributed by atoms with van der Waals surface area (Å²) in [5.41, 5.74) is 3.15. The second-order valence-corrected chi connectivity index (χ2v) is 3.68. The fourth-order valence-electron chi connectivity index (χ4n) is 1.60. The van der Waals surface area contributed by atoms with Crippen LogP contribution in [0.5, 0.6) is 0 Å². The summed E-state index contributed by atoms with van der Waals surface area (Å²) in [6, 6.07) is 4.10. The molecule has 0 saturated carbocycles. The number of nitrogens with zero attached hydrogens (tertiary/aromatic N) is 2. The molecule has 0 radical (unpaired) electrons. The molecule has 0 bridgehead atoms. The van der Waals surface area contributed by atoms with Crippen molar-refractivity contribution < 1.29 is 0 Å². The van der Waals surface area contributed by atoms with Gasteiger partial charge in [0.15, 0.2) is 0 Å². The zero-order chi connectivity index (χ0) is 13.6. The molecule has 0 aliphatic rings. The van der Waals surface area contributed by atoms with E-state index >= 15 is 0 Å². The molecule has 0 aliphatic heterocycles. The predicted octanol–water partition coefficient (Wildman–Crippen LogP) is 4.90. The van der Waals surface area contributed by atoms with Crippen molar-refractivity contribution in [1.82, 2.24) is 9.78 Å². The zero-order valence-corrected chi connectivity index (χ0v) is 12.7. The predicted molar refractivity (Wildman–Crippen MR) is 77.9 cm³/mol. The first kappa shape index (κ1) is 16.0. The van der Waals surface area contributed by atoms with Crippen LogP contribution in [0.1, 0.15) is 39.0 Å². The molecule has 96 valence electrons. The lowest BCUT2D eigenvalue weighted by molar-refractivity contribution is 0.783. The van der Waals surface area contributed by atoms with Crippen molar-refractivity contribution >= 4 is 22.5 Å². The molecular weight excluding hydrogens is 232 g/mol. The summed E-state index contributed by atoms with van der Waals surface area (Å²) in [6.45, 7) is 12.0. The van der Waals surface area contributed by atoms with Crippen LogP contribution in [0.2, 0.25) is 5.02 Å². The summed E-state index contributed by atoms with van der Waals surface area (Å²) >= 11 is 6.18. The maximum absolute atomic E-state index is 6.18. The van der Waals surface area contributed by atoms with Gasteiger partial charge in [-0.05, 0) is 19.4 Å². The van der Waals surface area contributed by atoms with Crippen molar-refractivity contribution in [3.8, 4) is 0 Å². The second-order valence-electron chi connectivity index (χ2n) is 3.30. The maximum atomic E-state index is 6.18. The van der Waals surface area contributed by atoms with Gasteiger partial charge in [-0.1, -0.05) is 51.4 Å². The average molecular weight is 255 g/mol. The van der Waals surface area contributed by atoms with Gasteiger partial charge < -0.3 is 0 Å². The molecule has 1 aromatic carbocycles. The van der Waals surface area contributed by atoms with Crippen LogP contribution in [0.3, 0.4) is 0 Å². The number of rotatable bonds is 0. The van der Waals surface area contributed by atoms with E-state index in [0.717, 1.165) is 27.2 Å². The standard InChI is InChI=1S/C10H11ClN2.2C2H6/c1-6-4-5-8-7(2)12-13(3)10(8)9(6)11;2*1-2/h4-5H,1-3H3;2*1-2H3. The van der Waals surface area contributed by atoms with Gasteiger partial charge in [-0.15, -0.1) is 0 Å². The molecule has 0 spiro atoms. The van der Waals surface area contributed by atoms with Crippen molar-refractivity contribution in [2.45, 2.75) is 41.5 Å². The summed E-state index contributed by atoms with van der Waals surface area (Å²) in [5, 5.41) is 6.27. The van der Waals surface area contributed by atoms with Crippen molar-refractivity contribution in [3.63, 3.8) is 0 Å². The number of halogens is 1. The lowest BCUT2D eigenvalue weighted by Gasteiger charge is -2.00. The van der Waals surface area contributed by atoms with Crippen LogP contribution in [-0.4, -0.2) is 9.78 Å². The first-order valence-electron chi connectivity index (χ1n) is 6.19. The van der Waals surface area contributed by atoms with E-state index in [9.17, 15) is 0 Å². The summed E-state index contributed by atoms with van der Waals surface area (Å²) in [6.07, 6.45) is 0. The molecule has 3 heteroatoms. The Morgan fingerprint density at radius 2 is 1.59 bits per heavy atom. The fourth-order valence-corrected chi connectivity index (χ4v) is 1.89. The molecule has 0 aliphatic carbocycles. The number of benzene rings is 1. The Hall–Kier alpha value is -1.02. The van der Waals surface area contributed by atoms with Crippen LogP contribution in [0.4, 0.5) is 0 Å². The first-order valence-corrected chi connectivity index (χ1v) is 6.57. The quantitative estimate of drug-likeness (QED) is 0.654. The molecule has 0 amide bonds. The van der Waals surface area contributed by atoms with Gasteiger partial charge in [0.1, 0.15) is 0 Å². The third-order valence-electron chi connectivity index (χ3n) is 2.32. The molecule has 0 saturated heterocycles. The van der Waals surface area contributed by atoms with Crippen LogP contribution < -0.4 is 0 Å². The molecule has 0 unspecified atom stereocenters. The largest absolute Gasteiger partial charge is 0.266 e. The Labute approximate surface area is 110 Å². The molecule has 17 heavy (non-hydrogen) atoms. The maximum Gasteiger partial charge on any atom is 0.0870 e. The molecule has 0 fully saturated rings. The molecule has 2 nitrogen and oxygen atoms in total. The Morgan fingerprint density at radius 3 is 2.12 bits per heavy atom. The number of aromatic nitrogens is 2. The number of hydrogen-bond donors (Lipinski definition) is 0. The van der Waals surface area contributed by atoms with Crippen LogP contribution in [0, 0.1) is 13.8 Å². The Morgan fingerprint density at radius 1 is 1.06 bits per heavy atom. The van der Waals surface area contributed by atoms with Crippen molar-refractivity contribution in [3.05, 3.63) is 28.4 Å². The normalized spacial score (nSPS) is 9.18. The van der Waals surface area contributed by atoms with E-state index in [2.05, 4.69) is 11.2 Å². The third-order valence-corrected chi connectivity index (χ3v) is 2.80. The summed E-state index contributed by atoms with van der Waals surface area (Å²) in [4.78, 5) is 0. The fraction of sp³-hybridized carbons (Fsp3) is 0.500. The molecule has 2 aromatic rings. The van der Waals surface area contributed by atoms with Crippen LogP contribution >= 0.6 is 11.6 Å². The van der Waals surface area contributed by atoms with Crippen molar-refractivity contribution in [1.29, 1.82) is 0 Å². The minimum absolute atomic E-state index is 0.806. The molecule has 0 N–H and O–H groups in total. The summed E-state index contributed by atoms with van der Waals surface area (Å²) in [7, 11) is 1.92. The second kappa shape index (κ2) is 7.33. The minimum atomic E-state index is 0.806. The highest BCUT2D eigenvalue weighted by molar-refractivity contribution is 6.35. The lowest BCUT2D eigenvalue weighted by atomic mass is 10.1. The van der Waals surface area contributed by atoms with Crippen molar-refractivity contribution in [2.75, 3.05) is 0 Å². The van der Waals surface area contributed by atoms with Gasteiger partial charge in [0.25, 0.3) is 0 Å². The number of fused-ring (bicyclic) bond motifs is 1. The Kier molecular flexibility index (Phi) is 6.89. The van der Waals surface area contributed by atoms with Gasteiger partial charge in [-0.2, -0.15) is 5.10 Å². The van der Waals surface area contributed by atoms with Crippen molar-refractivity contribution in [2.24, 2.45) is 7.05 Å². The van der Waals surface area contributed by atoms with E-state index in [1.165, 1.54) is 0 Å². The van der Waals surface area contributed by atoms with Crippen LogP contribution in [0.15, 0.2) is 12.1 Å². The van der Waals surface area contributed by atoms with E-state index < -0.39 is 0 Å². The lowest BCUT2D eigenvalue weighted by Crippen LogP contribution is -1.90. The zero-order valence-electron chi connectivity index (χ0n) is 11.9. The van der Waals surface area contributed by atoms with E-state index in [4.69, 9.17) is 11.6 Å². The van der Waals surface area contributed by atoms with Gasteiger partial charge in [0.2, 0.25) is 0 Å². The average Bonchev–Trinajstić information content (AvgIpc) is 2.65.